The highest BCUT2D eigenvalue weighted by atomic mass is 35.5. The number of aromatic nitrogens is 1. The van der Waals surface area contributed by atoms with E-state index in [1.807, 2.05) is 24.3 Å². The van der Waals surface area contributed by atoms with Crippen LogP contribution < -0.4 is 5.32 Å². The van der Waals surface area contributed by atoms with Gasteiger partial charge in [0.1, 0.15) is 22.3 Å². The molecule has 1 heterocycles. The molecule has 4 nitrogen and oxygen atoms in total. The van der Waals surface area contributed by atoms with Crippen LogP contribution in [0.15, 0.2) is 78.2 Å². The van der Waals surface area contributed by atoms with E-state index in [1.54, 1.807) is 17.5 Å². The lowest BCUT2D eigenvalue weighted by Crippen LogP contribution is -2.22. The zero-order valence-corrected chi connectivity index (χ0v) is 19.0. The largest absolute Gasteiger partial charge is 0.321 e. The van der Waals surface area contributed by atoms with Gasteiger partial charge in [-0.05, 0) is 59.7 Å². The number of halogens is 3. The Balaban J connectivity index is 1.48. The summed E-state index contributed by atoms with van der Waals surface area (Å²) in [4.78, 5) is 19.2. The minimum atomic E-state index is -0.370. The van der Waals surface area contributed by atoms with Crippen molar-refractivity contribution in [1.82, 2.24) is 9.88 Å². The Morgan fingerprint density at radius 2 is 1.58 bits per heavy atom. The Kier molecular flexibility index (Phi) is 7.44. The number of nitrogens with zero attached hydrogens (tertiary/aromatic N) is 2. The molecule has 1 N–H and O–H groups in total. The molecule has 1 amide bonds. The van der Waals surface area contributed by atoms with E-state index in [0.29, 0.717) is 36.0 Å². The Hall–Kier alpha value is -3.13. The van der Waals surface area contributed by atoms with Crippen molar-refractivity contribution in [3.8, 4) is 0 Å². The smallest absolute Gasteiger partial charge is 0.275 e. The number of amides is 1. The highest BCUT2D eigenvalue weighted by Crippen LogP contribution is 2.20. The third kappa shape index (κ3) is 6.68. The molecule has 4 aromatic rings. The Labute approximate surface area is 199 Å². The zero-order valence-electron chi connectivity index (χ0n) is 17.5. The Morgan fingerprint density at radius 1 is 0.909 bits per heavy atom. The molecule has 0 saturated heterocycles. The molecule has 0 fully saturated rings. The van der Waals surface area contributed by atoms with Crippen LogP contribution in [-0.2, 0) is 19.6 Å². The number of hydrogen-bond donors (Lipinski definition) is 1. The highest BCUT2D eigenvalue weighted by Gasteiger charge is 2.15. The molecule has 0 atom stereocenters. The number of nitrogens with one attached hydrogen (secondary N) is 1. The van der Waals surface area contributed by atoms with Crippen molar-refractivity contribution < 1.29 is 13.6 Å². The van der Waals surface area contributed by atoms with Gasteiger partial charge < -0.3 is 5.32 Å². The van der Waals surface area contributed by atoms with Gasteiger partial charge in [0.15, 0.2) is 0 Å². The number of carbonyl (C=O) groups is 1. The second kappa shape index (κ2) is 10.7. The maximum atomic E-state index is 13.3. The van der Waals surface area contributed by atoms with E-state index in [-0.39, 0.29) is 17.5 Å². The van der Waals surface area contributed by atoms with Gasteiger partial charge in [0, 0.05) is 29.2 Å². The number of rotatable bonds is 8. The minimum absolute atomic E-state index is 0.281. The number of benzene rings is 3. The van der Waals surface area contributed by atoms with E-state index in [1.165, 1.54) is 47.7 Å². The second-order valence-corrected chi connectivity index (χ2v) is 8.87. The molecule has 0 bridgehead atoms. The SMILES string of the molecule is O=C(Nc1ccc(F)cc1)c1csc(CN(Cc2ccc(F)cc2)Cc2cccc(Cl)c2)n1. The van der Waals surface area contributed by atoms with Gasteiger partial charge in [-0.15, -0.1) is 11.3 Å². The van der Waals surface area contributed by atoms with E-state index in [4.69, 9.17) is 11.6 Å². The summed E-state index contributed by atoms with van der Waals surface area (Å²) in [6.07, 6.45) is 0. The van der Waals surface area contributed by atoms with Crippen molar-refractivity contribution in [2.45, 2.75) is 19.6 Å². The molecule has 0 saturated carbocycles. The third-order valence-corrected chi connectivity index (χ3v) is 5.93. The van der Waals surface area contributed by atoms with Crippen molar-refractivity contribution in [3.05, 3.63) is 117 Å². The van der Waals surface area contributed by atoms with Crippen LogP contribution in [-0.4, -0.2) is 15.8 Å². The highest BCUT2D eigenvalue weighted by molar-refractivity contribution is 7.09. The molecule has 1 aromatic heterocycles. The molecule has 0 radical (unpaired) electrons. The molecular formula is C25H20ClF2N3OS. The first-order chi connectivity index (χ1) is 15.9. The maximum Gasteiger partial charge on any atom is 0.275 e. The van der Waals surface area contributed by atoms with Crippen LogP contribution in [0.5, 0.6) is 0 Å². The standard InChI is InChI=1S/C25H20ClF2N3OS/c26-19-3-1-2-18(12-19)14-31(13-17-4-6-20(27)7-5-17)15-24-30-23(16-33-24)25(32)29-22-10-8-21(28)9-11-22/h1-12,16H,13-15H2,(H,29,32). The fraction of sp³-hybridized carbons (Fsp3) is 0.120. The van der Waals surface area contributed by atoms with Gasteiger partial charge in [-0.2, -0.15) is 0 Å². The van der Waals surface area contributed by atoms with Gasteiger partial charge in [-0.1, -0.05) is 35.9 Å². The van der Waals surface area contributed by atoms with Crippen LogP contribution in [0.25, 0.3) is 0 Å². The van der Waals surface area contributed by atoms with Crippen molar-refractivity contribution in [2.24, 2.45) is 0 Å². The maximum absolute atomic E-state index is 13.3. The van der Waals surface area contributed by atoms with E-state index in [2.05, 4.69) is 15.2 Å². The molecule has 168 valence electrons. The van der Waals surface area contributed by atoms with E-state index in [9.17, 15) is 13.6 Å². The first-order valence-electron chi connectivity index (χ1n) is 10.2. The predicted octanol–water partition coefficient (Wildman–Crippen LogP) is 6.53. The minimum Gasteiger partial charge on any atom is -0.321 e. The lowest BCUT2D eigenvalue weighted by molar-refractivity contribution is 0.102. The fourth-order valence-corrected chi connectivity index (χ4v) is 4.35. The summed E-state index contributed by atoms with van der Waals surface area (Å²) in [5.41, 5.74) is 2.79. The first kappa shape index (κ1) is 23.0. The first-order valence-corrected chi connectivity index (χ1v) is 11.4. The average Bonchev–Trinajstić information content (AvgIpc) is 3.25. The van der Waals surface area contributed by atoms with Crippen LogP contribution in [0, 0.1) is 11.6 Å². The van der Waals surface area contributed by atoms with E-state index >= 15 is 0 Å². The number of carbonyl (C=O) groups excluding carboxylic acids is 1. The summed E-state index contributed by atoms with van der Waals surface area (Å²) in [5, 5.41) is 5.84. The number of anilines is 1. The Morgan fingerprint density at radius 3 is 2.27 bits per heavy atom. The summed E-state index contributed by atoms with van der Waals surface area (Å²) in [5.74, 6) is -1.01. The average molecular weight is 484 g/mol. The summed E-state index contributed by atoms with van der Waals surface area (Å²) < 4.78 is 26.4. The van der Waals surface area contributed by atoms with Gasteiger partial charge in [-0.3, -0.25) is 9.69 Å². The molecule has 0 spiro atoms. The monoisotopic (exact) mass is 483 g/mol. The number of hydrogen-bond acceptors (Lipinski definition) is 4. The van der Waals surface area contributed by atoms with Crippen LogP contribution in [0.4, 0.5) is 14.5 Å². The van der Waals surface area contributed by atoms with Crippen LogP contribution in [0.2, 0.25) is 5.02 Å². The molecular weight excluding hydrogens is 464 g/mol. The van der Waals surface area contributed by atoms with Gasteiger partial charge >= 0.3 is 0 Å². The second-order valence-electron chi connectivity index (χ2n) is 7.49. The molecule has 4 rings (SSSR count). The summed E-state index contributed by atoms with van der Waals surface area (Å²) >= 11 is 7.53. The quantitative estimate of drug-likeness (QED) is 0.310. The van der Waals surface area contributed by atoms with Gasteiger partial charge in [0.25, 0.3) is 5.91 Å². The van der Waals surface area contributed by atoms with Crippen molar-refractivity contribution >= 4 is 34.5 Å². The van der Waals surface area contributed by atoms with Gasteiger partial charge in [-0.25, -0.2) is 13.8 Å². The van der Waals surface area contributed by atoms with Crippen molar-refractivity contribution in [1.29, 1.82) is 0 Å². The molecule has 0 unspecified atom stereocenters. The fourth-order valence-electron chi connectivity index (χ4n) is 3.32. The topological polar surface area (TPSA) is 45.2 Å². The van der Waals surface area contributed by atoms with Gasteiger partial charge in [0.05, 0.1) is 6.54 Å². The third-order valence-electron chi connectivity index (χ3n) is 4.86. The summed E-state index contributed by atoms with van der Waals surface area (Å²) in [7, 11) is 0. The predicted molar refractivity (Wildman–Crippen MR) is 127 cm³/mol. The normalized spacial score (nSPS) is 11.0. The van der Waals surface area contributed by atoms with E-state index < -0.39 is 0 Å². The van der Waals surface area contributed by atoms with Crippen molar-refractivity contribution in [3.63, 3.8) is 0 Å². The lowest BCUT2D eigenvalue weighted by atomic mass is 10.1. The Bertz CT molecular complexity index is 1230. The number of thiazole rings is 1. The summed E-state index contributed by atoms with van der Waals surface area (Å²) in [6, 6.07) is 19.6. The molecule has 33 heavy (non-hydrogen) atoms. The van der Waals surface area contributed by atoms with Crippen LogP contribution in [0.3, 0.4) is 0 Å². The molecule has 3 aromatic carbocycles. The molecule has 8 heteroatoms. The van der Waals surface area contributed by atoms with Crippen LogP contribution >= 0.6 is 22.9 Å². The van der Waals surface area contributed by atoms with Crippen LogP contribution in [0.1, 0.15) is 26.6 Å². The zero-order chi connectivity index (χ0) is 23.2. The van der Waals surface area contributed by atoms with E-state index in [0.717, 1.165) is 16.1 Å². The molecule has 0 aliphatic rings. The molecule has 0 aliphatic heterocycles. The lowest BCUT2D eigenvalue weighted by Gasteiger charge is -2.21. The summed E-state index contributed by atoms with van der Waals surface area (Å²) in [6.45, 7) is 1.68. The van der Waals surface area contributed by atoms with Crippen molar-refractivity contribution in [2.75, 3.05) is 5.32 Å². The van der Waals surface area contributed by atoms with Gasteiger partial charge in [0.2, 0.25) is 0 Å². The molecule has 0 aliphatic carbocycles.